The summed E-state index contributed by atoms with van der Waals surface area (Å²) in [5.41, 5.74) is 3.57. The Morgan fingerprint density at radius 3 is 2.48 bits per heavy atom. The highest BCUT2D eigenvalue weighted by Crippen LogP contribution is 2.46. The first-order chi connectivity index (χ1) is 13.1. The lowest BCUT2D eigenvalue weighted by Crippen LogP contribution is -2.55. The van der Waals surface area contributed by atoms with Crippen molar-refractivity contribution in [3.05, 3.63) is 17.0 Å². The molecule has 0 aromatic carbocycles. The summed E-state index contributed by atoms with van der Waals surface area (Å²) in [6.45, 7) is 12.5. The predicted octanol–water partition coefficient (Wildman–Crippen LogP) is 2.31. The van der Waals surface area contributed by atoms with Crippen molar-refractivity contribution in [1.29, 1.82) is 0 Å². The summed E-state index contributed by atoms with van der Waals surface area (Å²) in [6, 6.07) is 0.867. The van der Waals surface area contributed by atoms with Gasteiger partial charge in [0.2, 0.25) is 0 Å². The van der Waals surface area contributed by atoms with Crippen LogP contribution in [0.15, 0.2) is 4.99 Å². The summed E-state index contributed by atoms with van der Waals surface area (Å²) >= 11 is 0. The number of piperazine rings is 1. The molecule has 1 N–H and O–H groups in total. The van der Waals surface area contributed by atoms with E-state index >= 15 is 0 Å². The minimum Gasteiger partial charge on any atom is -0.357 e. The topological polar surface area (TPSA) is 48.7 Å². The largest absolute Gasteiger partial charge is 0.357 e. The van der Waals surface area contributed by atoms with Crippen molar-refractivity contribution in [2.45, 2.75) is 59.0 Å². The number of nitrogens with zero attached hydrogens (tertiary/aromatic N) is 5. The molecule has 2 bridgehead atoms. The Bertz CT molecular complexity index is 685. The van der Waals surface area contributed by atoms with Gasteiger partial charge in [-0.05, 0) is 51.9 Å². The summed E-state index contributed by atoms with van der Waals surface area (Å²) < 4.78 is 1.96. The third-order valence-corrected chi connectivity index (χ3v) is 7.16. The standard InChI is InChI=1S/C21H36N6/c1-5-22-21(23-14-19-15(2)24-25(4)16(19)3)27-10-8-26(9-11-27)20-13-17-6-7-18(20)12-17/h17-18,20H,5-14H2,1-4H3,(H,22,23). The summed E-state index contributed by atoms with van der Waals surface area (Å²) in [4.78, 5) is 10.2. The van der Waals surface area contributed by atoms with Crippen molar-refractivity contribution in [2.75, 3.05) is 32.7 Å². The van der Waals surface area contributed by atoms with Crippen LogP contribution in [-0.2, 0) is 13.6 Å². The van der Waals surface area contributed by atoms with E-state index in [1.807, 2.05) is 11.7 Å². The monoisotopic (exact) mass is 372 g/mol. The Labute approximate surface area is 164 Å². The van der Waals surface area contributed by atoms with Gasteiger partial charge in [0.25, 0.3) is 0 Å². The Hall–Kier alpha value is -1.56. The molecule has 3 atom stereocenters. The van der Waals surface area contributed by atoms with Crippen LogP contribution in [0.1, 0.15) is 49.6 Å². The van der Waals surface area contributed by atoms with Crippen LogP contribution in [0.2, 0.25) is 0 Å². The van der Waals surface area contributed by atoms with Gasteiger partial charge < -0.3 is 10.2 Å². The van der Waals surface area contributed by atoms with E-state index in [4.69, 9.17) is 4.99 Å². The van der Waals surface area contributed by atoms with Gasteiger partial charge in [-0.15, -0.1) is 0 Å². The number of hydrogen-bond donors (Lipinski definition) is 1. The average Bonchev–Trinajstić information content (AvgIpc) is 3.36. The number of aliphatic imine (C=N–C) groups is 1. The molecule has 2 aliphatic carbocycles. The minimum absolute atomic E-state index is 0.709. The normalized spacial score (nSPS) is 29.0. The molecule has 1 aromatic rings. The Morgan fingerprint density at radius 2 is 1.93 bits per heavy atom. The summed E-state index contributed by atoms with van der Waals surface area (Å²) in [6.07, 6.45) is 5.92. The van der Waals surface area contributed by atoms with Crippen molar-refractivity contribution in [2.24, 2.45) is 23.9 Å². The van der Waals surface area contributed by atoms with E-state index in [9.17, 15) is 0 Å². The molecule has 27 heavy (non-hydrogen) atoms. The lowest BCUT2D eigenvalue weighted by molar-refractivity contribution is 0.0958. The minimum atomic E-state index is 0.709. The van der Waals surface area contributed by atoms with Gasteiger partial charge >= 0.3 is 0 Å². The van der Waals surface area contributed by atoms with E-state index in [1.165, 1.54) is 50.0 Å². The van der Waals surface area contributed by atoms with Crippen molar-refractivity contribution >= 4 is 5.96 Å². The number of nitrogens with one attached hydrogen (secondary N) is 1. The van der Waals surface area contributed by atoms with Gasteiger partial charge in [-0.2, -0.15) is 5.10 Å². The molecule has 1 saturated heterocycles. The number of guanidine groups is 1. The average molecular weight is 373 g/mol. The Morgan fingerprint density at radius 1 is 1.15 bits per heavy atom. The first-order valence-electron chi connectivity index (χ1n) is 10.8. The van der Waals surface area contributed by atoms with Gasteiger partial charge in [0.1, 0.15) is 0 Å². The maximum atomic E-state index is 4.96. The fourth-order valence-corrected chi connectivity index (χ4v) is 5.55. The molecular formula is C21H36N6. The van der Waals surface area contributed by atoms with Crippen molar-refractivity contribution in [3.8, 4) is 0 Å². The highest BCUT2D eigenvalue weighted by atomic mass is 15.4. The summed E-state index contributed by atoms with van der Waals surface area (Å²) in [7, 11) is 2.01. The van der Waals surface area contributed by atoms with Crippen LogP contribution >= 0.6 is 0 Å². The van der Waals surface area contributed by atoms with Crippen LogP contribution in [0.25, 0.3) is 0 Å². The van der Waals surface area contributed by atoms with Crippen molar-refractivity contribution < 1.29 is 0 Å². The molecule has 3 aliphatic rings. The lowest BCUT2D eigenvalue weighted by atomic mass is 9.93. The highest BCUT2D eigenvalue weighted by molar-refractivity contribution is 5.80. The number of fused-ring (bicyclic) bond motifs is 2. The highest BCUT2D eigenvalue weighted by Gasteiger charge is 2.42. The van der Waals surface area contributed by atoms with Gasteiger partial charge in [-0.3, -0.25) is 9.58 Å². The maximum Gasteiger partial charge on any atom is 0.194 e. The first-order valence-corrected chi connectivity index (χ1v) is 10.8. The molecule has 2 heterocycles. The molecule has 2 saturated carbocycles. The summed E-state index contributed by atoms with van der Waals surface area (Å²) in [5, 5.41) is 8.04. The second kappa shape index (κ2) is 7.82. The number of aromatic nitrogens is 2. The van der Waals surface area contributed by atoms with E-state index < -0.39 is 0 Å². The van der Waals surface area contributed by atoms with E-state index in [2.05, 4.69) is 41.0 Å². The molecule has 0 amide bonds. The van der Waals surface area contributed by atoms with Gasteiger partial charge in [0.15, 0.2) is 5.96 Å². The zero-order valence-corrected chi connectivity index (χ0v) is 17.5. The van der Waals surface area contributed by atoms with Gasteiger partial charge in [-0.25, -0.2) is 4.99 Å². The zero-order chi connectivity index (χ0) is 19.0. The van der Waals surface area contributed by atoms with Crippen molar-refractivity contribution in [3.63, 3.8) is 0 Å². The van der Waals surface area contributed by atoms with Gasteiger partial charge in [-0.1, -0.05) is 6.42 Å². The lowest BCUT2D eigenvalue weighted by Gasteiger charge is -2.42. The van der Waals surface area contributed by atoms with Crippen LogP contribution in [0, 0.1) is 25.7 Å². The maximum absolute atomic E-state index is 4.96. The Balaban J connectivity index is 1.38. The van der Waals surface area contributed by atoms with Crippen LogP contribution in [-0.4, -0.2) is 64.3 Å². The zero-order valence-electron chi connectivity index (χ0n) is 17.5. The molecule has 150 valence electrons. The molecule has 1 aliphatic heterocycles. The molecule has 4 rings (SSSR count). The van der Waals surface area contributed by atoms with Crippen LogP contribution in [0.3, 0.4) is 0 Å². The third-order valence-electron chi connectivity index (χ3n) is 7.16. The predicted molar refractivity (Wildman–Crippen MR) is 110 cm³/mol. The number of hydrogen-bond acceptors (Lipinski definition) is 3. The summed E-state index contributed by atoms with van der Waals surface area (Å²) in [5.74, 6) is 3.08. The molecular weight excluding hydrogens is 336 g/mol. The Kier molecular flexibility index (Phi) is 5.44. The third kappa shape index (κ3) is 3.73. The second-order valence-corrected chi connectivity index (χ2v) is 8.71. The molecule has 0 spiro atoms. The quantitative estimate of drug-likeness (QED) is 0.651. The van der Waals surface area contributed by atoms with Crippen LogP contribution < -0.4 is 5.32 Å². The fraction of sp³-hybridized carbons (Fsp3) is 0.810. The van der Waals surface area contributed by atoms with E-state index in [-0.39, 0.29) is 0 Å². The number of rotatable bonds is 4. The second-order valence-electron chi connectivity index (χ2n) is 8.71. The van der Waals surface area contributed by atoms with Gasteiger partial charge in [0, 0.05) is 57.1 Å². The van der Waals surface area contributed by atoms with E-state index in [0.29, 0.717) is 6.54 Å². The molecule has 3 fully saturated rings. The molecule has 3 unspecified atom stereocenters. The fourth-order valence-electron chi connectivity index (χ4n) is 5.55. The van der Waals surface area contributed by atoms with E-state index in [1.54, 1.807) is 0 Å². The van der Waals surface area contributed by atoms with E-state index in [0.717, 1.165) is 49.2 Å². The van der Waals surface area contributed by atoms with Crippen molar-refractivity contribution in [1.82, 2.24) is 24.9 Å². The van der Waals surface area contributed by atoms with Crippen LogP contribution in [0.5, 0.6) is 0 Å². The molecule has 6 heteroatoms. The van der Waals surface area contributed by atoms with Crippen LogP contribution in [0.4, 0.5) is 0 Å². The molecule has 1 aromatic heterocycles. The smallest absolute Gasteiger partial charge is 0.194 e. The van der Waals surface area contributed by atoms with Gasteiger partial charge in [0.05, 0.1) is 12.2 Å². The molecule has 0 radical (unpaired) electrons. The SMILES string of the molecule is CCNC(=NCc1c(C)nn(C)c1C)N1CCN(C2CC3CCC2C3)CC1. The molecule has 6 nitrogen and oxygen atoms in total. The number of aryl methyl sites for hydroxylation is 2. The first kappa shape index (κ1) is 18.8.